The highest BCUT2D eigenvalue weighted by Gasteiger charge is 2.55. The van der Waals surface area contributed by atoms with Gasteiger partial charge in [0.15, 0.2) is 5.60 Å². The van der Waals surface area contributed by atoms with Crippen molar-refractivity contribution in [2.24, 2.45) is 0 Å². The number of rotatable bonds is 3. The normalized spacial score (nSPS) is 15.4. The molecular formula is C21H10Cl2O11S2. The van der Waals surface area contributed by atoms with Crippen molar-refractivity contribution in [1.29, 1.82) is 0 Å². The number of phenolic OH excluding ortho intramolecular Hbond substituents is 2. The summed E-state index contributed by atoms with van der Waals surface area (Å²) in [6, 6.07) is 6.84. The summed E-state index contributed by atoms with van der Waals surface area (Å²) in [5.74, 6) is -4.50. The minimum Gasteiger partial charge on any atom is -0.506 e. The molecule has 11 nitrogen and oxygen atoms in total. The number of carboxylic acid groups (broad SMARTS) is 1. The number of halogens is 2. The van der Waals surface area contributed by atoms with Crippen LogP contribution in [0.3, 0.4) is 0 Å². The molecule has 0 fully saturated rings. The summed E-state index contributed by atoms with van der Waals surface area (Å²) < 4.78 is 59.9. The number of aromatic hydroxyl groups is 2. The lowest BCUT2D eigenvalue weighted by Crippen LogP contribution is -2.33. The van der Waals surface area contributed by atoms with E-state index in [1.807, 2.05) is 0 Å². The van der Waals surface area contributed by atoms with Gasteiger partial charge in [-0.15, -0.1) is 0 Å². The van der Waals surface area contributed by atoms with E-state index in [4.69, 9.17) is 30.8 Å². The molecule has 2 aliphatic heterocycles. The summed E-state index contributed by atoms with van der Waals surface area (Å²) >= 11 is 0. The first-order chi connectivity index (χ1) is 16.6. The van der Waals surface area contributed by atoms with Crippen molar-refractivity contribution in [2.75, 3.05) is 0 Å². The molecule has 0 bridgehead atoms. The average molecular weight is 573 g/mol. The van der Waals surface area contributed by atoms with Crippen LogP contribution in [0.2, 0.25) is 0 Å². The number of carbonyl (C=O) groups is 2. The number of fused-ring (bicyclic) bond motifs is 6. The highest BCUT2D eigenvalue weighted by molar-refractivity contribution is 8.14. The first-order valence-corrected chi connectivity index (χ1v) is 14.2. The van der Waals surface area contributed by atoms with Gasteiger partial charge in [0.2, 0.25) is 0 Å². The maximum Gasteiger partial charge on any atom is 0.340 e. The molecule has 0 aromatic heterocycles. The maximum atomic E-state index is 12.9. The van der Waals surface area contributed by atoms with Crippen molar-refractivity contribution >= 4 is 51.4 Å². The molecular weight excluding hydrogens is 563 g/mol. The molecule has 36 heavy (non-hydrogen) atoms. The Labute approximate surface area is 210 Å². The minimum absolute atomic E-state index is 0.106. The highest BCUT2D eigenvalue weighted by atomic mass is 35.7. The van der Waals surface area contributed by atoms with Crippen LogP contribution in [0.5, 0.6) is 23.0 Å². The van der Waals surface area contributed by atoms with Crippen LogP contribution in [0.15, 0.2) is 52.3 Å². The van der Waals surface area contributed by atoms with E-state index in [0.717, 1.165) is 36.4 Å². The van der Waals surface area contributed by atoms with E-state index < -0.39 is 56.9 Å². The predicted octanol–water partition coefficient (Wildman–Crippen LogP) is 3.22. The first-order valence-electron chi connectivity index (χ1n) is 9.58. The largest absolute Gasteiger partial charge is 0.506 e. The molecule has 0 unspecified atom stereocenters. The van der Waals surface area contributed by atoms with Crippen molar-refractivity contribution in [1.82, 2.24) is 0 Å². The Morgan fingerprint density at radius 3 is 1.75 bits per heavy atom. The van der Waals surface area contributed by atoms with Crippen molar-refractivity contribution in [3.05, 3.63) is 70.3 Å². The topological polar surface area (TPSA) is 182 Å². The molecule has 3 N–H and O–H groups in total. The third-order valence-corrected chi connectivity index (χ3v) is 8.44. The number of hydrogen-bond acceptors (Lipinski definition) is 10. The number of carboxylic acids is 1. The van der Waals surface area contributed by atoms with Crippen molar-refractivity contribution in [3.8, 4) is 23.0 Å². The van der Waals surface area contributed by atoms with Gasteiger partial charge in [0.05, 0.1) is 11.1 Å². The molecule has 3 aromatic carbocycles. The van der Waals surface area contributed by atoms with E-state index in [1.54, 1.807) is 0 Å². The van der Waals surface area contributed by atoms with E-state index >= 15 is 0 Å². The van der Waals surface area contributed by atoms with Crippen molar-refractivity contribution < 1.29 is 51.2 Å². The molecule has 0 saturated heterocycles. The van der Waals surface area contributed by atoms with Crippen LogP contribution in [0.4, 0.5) is 0 Å². The van der Waals surface area contributed by atoms with Crippen LogP contribution in [0.25, 0.3) is 0 Å². The van der Waals surface area contributed by atoms with Gasteiger partial charge in [0, 0.05) is 50.2 Å². The monoisotopic (exact) mass is 572 g/mol. The second-order valence-corrected chi connectivity index (χ2v) is 12.8. The SMILES string of the molecule is O=C(O)c1ccc2c(c1)C1(OC2=O)c2cc(S(=O)(=O)Cl)c(O)cc2Oc2cc(O)c(S(=O)(=O)Cl)cc21. The minimum atomic E-state index is -4.57. The number of hydrogen-bond donors (Lipinski definition) is 3. The van der Waals surface area contributed by atoms with Crippen LogP contribution in [0, 0.1) is 0 Å². The Bertz CT molecular complexity index is 1680. The van der Waals surface area contributed by atoms with Gasteiger partial charge >= 0.3 is 11.9 Å². The molecule has 0 atom stereocenters. The third kappa shape index (κ3) is 3.38. The number of benzene rings is 3. The number of aromatic carboxylic acids is 1. The van der Waals surface area contributed by atoms with Crippen molar-refractivity contribution in [3.63, 3.8) is 0 Å². The summed E-state index contributed by atoms with van der Waals surface area (Å²) in [5.41, 5.74) is -3.16. The molecule has 0 saturated carbocycles. The van der Waals surface area contributed by atoms with E-state index in [1.165, 1.54) is 6.07 Å². The van der Waals surface area contributed by atoms with Crippen molar-refractivity contribution in [2.45, 2.75) is 15.4 Å². The molecule has 186 valence electrons. The summed E-state index contributed by atoms with van der Waals surface area (Å²) in [6.45, 7) is 0. The van der Waals surface area contributed by atoms with Gasteiger partial charge in [0.25, 0.3) is 18.1 Å². The second-order valence-electron chi connectivity index (χ2n) is 7.75. The number of carbonyl (C=O) groups excluding carboxylic acids is 1. The zero-order chi connectivity index (χ0) is 26.4. The third-order valence-electron chi connectivity index (χ3n) is 5.74. The zero-order valence-corrected chi connectivity index (χ0v) is 20.4. The lowest BCUT2D eigenvalue weighted by atomic mass is 9.77. The summed E-state index contributed by atoms with van der Waals surface area (Å²) in [4.78, 5) is 23.0. The van der Waals surface area contributed by atoms with Crippen LogP contribution in [0.1, 0.15) is 37.4 Å². The van der Waals surface area contributed by atoms with Crippen LogP contribution >= 0.6 is 21.4 Å². The molecule has 2 heterocycles. The van der Waals surface area contributed by atoms with E-state index in [0.29, 0.717) is 0 Å². The summed E-state index contributed by atoms with van der Waals surface area (Å²) in [5, 5.41) is 30.1. The molecule has 0 radical (unpaired) electrons. The van der Waals surface area contributed by atoms with Crippen LogP contribution in [-0.2, 0) is 28.4 Å². The van der Waals surface area contributed by atoms with Gasteiger partial charge in [-0.2, -0.15) is 0 Å². The zero-order valence-electron chi connectivity index (χ0n) is 17.2. The summed E-state index contributed by atoms with van der Waals surface area (Å²) in [6.07, 6.45) is 0. The molecule has 3 aromatic rings. The van der Waals surface area contributed by atoms with E-state index in [-0.39, 0.29) is 39.3 Å². The van der Waals surface area contributed by atoms with Gasteiger partial charge in [-0.3, -0.25) is 0 Å². The highest BCUT2D eigenvalue weighted by Crippen LogP contribution is 2.58. The fourth-order valence-electron chi connectivity index (χ4n) is 4.27. The van der Waals surface area contributed by atoms with E-state index in [2.05, 4.69) is 0 Å². The second kappa shape index (κ2) is 7.49. The fraction of sp³-hybridized carbons (Fsp3) is 0.0476. The quantitative estimate of drug-likeness (QED) is 0.309. The Morgan fingerprint density at radius 1 is 0.806 bits per heavy atom. The lowest BCUT2D eigenvalue weighted by Gasteiger charge is -2.37. The molecule has 1 spiro atoms. The van der Waals surface area contributed by atoms with Gasteiger partial charge in [0.1, 0.15) is 32.8 Å². The number of esters is 1. The lowest BCUT2D eigenvalue weighted by molar-refractivity contribution is 0.0222. The predicted molar refractivity (Wildman–Crippen MR) is 121 cm³/mol. The maximum absolute atomic E-state index is 12.9. The Kier molecular flexibility index (Phi) is 5.03. The van der Waals surface area contributed by atoms with Gasteiger partial charge in [-0.25, -0.2) is 26.4 Å². The number of phenols is 2. The molecule has 0 amide bonds. The van der Waals surface area contributed by atoms with E-state index in [9.17, 15) is 41.7 Å². The molecule has 15 heteroatoms. The first kappa shape index (κ1) is 24.2. The summed E-state index contributed by atoms with van der Waals surface area (Å²) in [7, 11) is 1.79. The van der Waals surface area contributed by atoms with Gasteiger partial charge < -0.3 is 24.8 Å². The Morgan fingerprint density at radius 2 is 1.31 bits per heavy atom. The molecule has 2 aliphatic rings. The average Bonchev–Trinajstić information content (AvgIpc) is 3.04. The smallest absolute Gasteiger partial charge is 0.340 e. The number of ether oxygens (including phenoxy) is 2. The fourth-order valence-corrected chi connectivity index (χ4v) is 6.14. The van der Waals surface area contributed by atoms with Crippen LogP contribution in [-0.4, -0.2) is 44.1 Å². The Hall–Kier alpha value is -3.52. The molecule has 0 aliphatic carbocycles. The standard InChI is InChI=1S/C21H10Cl2O11S2/c22-35(29,30)17-4-11-15(6-13(17)24)33-16-7-14(25)18(36(23,31)32)5-12(16)21(11)10-3-8(19(26)27)1-2-9(10)20(28)34-21/h1-7,24-25H,(H,26,27). The van der Waals surface area contributed by atoms with Gasteiger partial charge in [-0.05, 0) is 30.3 Å². The van der Waals surface area contributed by atoms with Crippen LogP contribution < -0.4 is 4.74 Å². The Balaban J connectivity index is 1.98. The van der Waals surface area contributed by atoms with Gasteiger partial charge in [-0.1, -0.05) is 0 Å². The molecule has 5 rings (SSSR count).